The molecule has 0 atom stereocenters. The molecule has 1 aromatic carbocycles. The number of ether oxygens (including phenoxy) is 2. The van der Waals surface area contributed by atoms with Crippen molar-refractivity contribution in [3.05, 3.63) is 47.5 Å². The number of carbonyl (C=O) groups is 1. The first-order valence-corrected chi connectivity index (χ1v) is 8.86. The van der Waals surface area contributed by atoms with Crippen LogP contribution in [0.3, 0.4) is 0 Å². The van der Waals surface area contributed by atoms with E-state index in [4.69, 9.17) is 9.47 Å². The number of fused-ring (bicyclic) bond motifs is 1. The molecule has 8 heteroatoms. The summed E-state index contributed by atoms with van der Waals surface area (Å²) in [7, 11) is 0. The maximum absolute atomic E-state index is 12.3. The van der Waals surface area contributed by atoms with Crippen LogP contribution in [0, 0.1) is 13.8 Å². The quantitative estimate of drug-likeness (QED) is 0.610. The Morgan fingerprint density at radius 3 is 2.56 bits per heavy atom. The van der Waals surface area contributed by atoms with Gasteiger partial charge in [0.15, 0.2) is 0 Å². The van der Waals surface area contributed by atoms with Gasteiger partial charge >= 0.3 is 0 Å². The van der Waals surface area contributed by atoms with E-state index >= 15 is 0 Å². The number of hydrogen-bond acceptors (Lipinski definition) is 6. The molecule has 0 radical (unpaired) electrons. The van der Waals surface area contributed by atoms with Gasteiger partial charge in [0, 0.05) is 17.0 Å². The van der Waals surface area contributed by atoms with Gasteiger partial charge in [0.1, 0.15) is 24.4 Å². The van der Waals surface area contributed by atoms with Crippen LogP contribution in [0.15, 0.2) is 30.6 Å². The summed E-state index contributed by atoms with van der Waals surface area (Å²) in [5, 5.41) is 7.00. The van der Waals surface area contributed by atoms with E-state index in [2.05, 4.69) is 20.4 Å². The molecule has 0 saturated carbocycles. The lowest BCUT2D eigenvalue weighted by Gasteiger charge is -2.11. The molecule has 3 aromatic rings. The predicted octanol–water partition coefficient (Wildman–Crippen LogP) is 1.88. The molecule has 2 aromatic heterocycles. The highest BCUT2D eigenvalue weighted by Gasteiger charge is 2.14. The summed E-state index contributed by atoms with van der Waals surface area (Å²) < 4.78 is 12.7. The number of carbonyl (C=O) groups excluding carboxylic acids is 1. The SMILES string of the molecule is CCOc1ccc(OCCNC(=O)Cc2c(C)nc3ncnn3c2C)cc1. The summed E-state index contributed by atoms with van der Waals surface area (Å²) in [4.78, 5) is 20.7. The second-order valence-electron chi connectivity index (χ2n) is 6.01. The summed E-state index contributed by atoms with van der Waals surface area (Å²) in [5.74, 6) is 2.00. The van der Waals surface area contributed by atoms with E-state index < -0.39 is 0 Å². The molecule has 0 spiro atoms. The molecule has 0 aliphatic carbocycles. The molecule has 0 aliphatic heterocycles. The van der Waals surface area contributed by atoms with Crippen LogP contribution < -0.4 is 14.8 Å². The third-order valence-corrected chi connectivity index (χ3v) is 4.15. The molecule has 0 unspecified atom stereocenters. The van der Waals surface area contributed by atoms with Crippen molar-refractivity contribution in [1.82, 2.24) is 24.9 Å². The predicted molar refractivity (Wildman–Crippen MR) is 100 cm³/mol. The van der Waals surface area contributed by atoms with Crippen molar-refractivity contribution in [2.75, 3.05) is 19.8 Å². The fraction of sp³-hybridized carbons (Fsp3) is 0.368. The normalized spacial score (nSPS) is 10.8. The van der Waals surface area contributed by atoms with Gasteiger partial charge in [0.2, 0.25) is 5.91 Å². The molecule has 27 heavy (non-hydrogen) atoms. The van der Waals surface area contributed by atoms with Crippen molar-refractivity contribution in [1.29, 1.82) is 0 Å². The Morgan fingerprint density at radius 1 is 1.15 bits per heavy atom. The van der Waals surface area contributed by atoms with Crippen LogP contribution in [0.1, 0.15) is 23.9 Å². The zero-order valence-corrected chi connectivity index (χ0v) is 15.7. The summed E-state index contributed by atoms with van der Waals surface area (Å²) >= 11 is 0. The first kappa shape index (κ1) is 18.6. The highest BCUT2D eigenvalue weighted by atomic mass is 16.5. The van der Waals surface area contributed by atoms with E-state index in [9.17, 15) is 4.79 Å². The summed E-state index contributed by atoms with van der Waals surface area (Å²) in [5.41, 5.74) is 2.52. The highest BCUT2D eigenvalue weighted by molar-refractivity contribution is 5.79. The van der Waals surface area contributed by atoms with Crippen LogP contribution in [-0.4, -0.2) is 45.2 Å². The average Bonchev–Trinajstić information content (AvgIpc) is 3.12. The number of rotatable bonds is 8. The number of amides is 1. The first-order chi connectivity index (χ1) is 13.1. The Labute approximate surface area is 157 Å². The molecule has 3 rings (SSSR count). The fourth-order valence-corrected chi connectivity index (χ4v) is 2.79. The number of nitrogens with one attached hydrogen (secondary N) is 1. The number of nitrogens with zero attached hydrogens (tertiary/aromatic N) is 4. The van der Waals surface area contributed by atoms with E-state index in [1.54, 1.807) is 4.52 Å². The molecule has 1 amide bonds. The van der Waals surface area contributed by atoms with Crippen molar-refractivity contribution in [3.8, 4) is 11.5 Å². The molecule has 0 fully saturated rings. The monoisotopic (exact) mass is 369 g/mol. The molecule has 1 N–H and O–H groups in total. The Hall–Kier alpha value is -3.16. The number of aryl methyl sites for hydroxylation is 2. The van der Waals surface area contributed by atoms with Gasteiger partial charge in [-0.25, -0.2) is 9.50 Å². The lowest BCUT2D eigenvalue weighted by Crippen LogP contribution is -2.30. The van der Waals surface area contributed by atoms with Gasteiger partial charge < -0.3 is 14.8 Å². The van der Waals surface area contributed by atoms with Crippen molar-refractivity contribution < 1.29 is 14.3 Å². The third-order valence-electron chi connectivity index (χ3n) is 4.15. The molecule has 8 nitrogen and oxygen atoms in total. The minimum absolute atomic E-state index is 0.0854. The fourth-order valence-electron chi connectivity index (χ4n) is 2.79. The van der Waals surface area contributed by atoms with Gasteiger partial charge in [0.05, 0.1) is 19.6 Å². The van der Waals surface area contributed by atoms with Gasteiger partial charge in [-0.2, -0.15) is 10.1 Å². The summed E-state index contributed by atoms with van der Waals surface area (Å²) in [6.45, 7) is 7.16. The van der Waals surface area contributed by atoms with Gasteiger partial charge in [-0.05, 0) is 45.0 Å². The van der Waals surface area contributed by atoms with E-state index in [1.807, 2.05) is 45.0 Å². The third kappa shape index (κ3) is 4.52. The standard InChI is InChI=1S/C19H23N5O3/c1-4-26-15-5-7-16(8-6-15)27-10-9-20-18(25)11-17-13(2)23-19-21-12-22-24(19)14(17)3/h5-8,12H,4,9-11H2,1-3H3,(H,20,25). The van der Waals surface area contributed by atoms with Crippen LogP contribution in [0.5, 0.6) is 11.5 Å². The van der Waals surface area contributed by atoms with Crippen LogP contribution in [0.25, 0.3) is 5.78 Å². The molecule has 0 saturated heterocycles. The van der Waals surface area contributed by atoms with Gasteiger partial charge in [-0.3, -0.25) is 4.79 Å². The minimum atomic E-state index is -0.0854. The first-order valence-electron chi connectivity index (χ1n) is 8.86. The van der Waals surface area contributed by atoms with Crippen molar-refractivity contribution in [2.45, 2.75) is 27.2 Å². The van der Waals surface area contributed by atoms with Crippen LogP contribution in [0.4, 0.5) is 0 Å². The highest BCUT2D eigenvalue weighted by Crippen LogP contribution is 2.17. The van der Waals surface area contributed by atoms with Gasteiger partial charge in [0.25, 0.3) is 5.78 Å². The van der Waals surface area contributed by atoms with Crippen LogP contribution >= 0.6 is 0 Å². The van der Waals surface area contributed by atoms with E-state index in [0.717, 1.165) is 28.5 Å². The van der Waals surface area contributed by atoms with Gasteiger partial charge in [-0.1, -0.05) is 0 Å². The van der Waals surface area contributed by atoms with E-state index in [0.29, 0.717) is 25.5 Å². The Bertz CT molecular complexity index is 921. The van der Waals surface area contributed by atoms with Crippen molar-refractivity contribution in [2.24, 2.45) is 0 Å². The number of aromatic nitrogens is 4. The van der Waals surface area contributed by atoms with Crippen molar-refractivity contribution >= 4 is 11.7 Å². The van der Waals surface area contributed by atoms with Crippen LogP contribution in [-0.2, 0) is 11.2 Å². The molecule has 2 heterocycles. The second kappa shape index (κ2) is 8.48. The van der Waals surface area contributed by atoms with Crippen LogP contribution in [0.2, 0.25) is 0 Å². The van der Waals surface area contributed by atoms with E-state index in [1.165, 1.54) is 6.33 Å². The smallest absolute Gasteiger partial charge is 0.252 e. The maximum Gasteiger partial charge on any atom is 0.252 e. The summed E-state index contributed by atoms with van der Waals surface area (Å²) in [6, 6.07) is 7.41. The second-order valence-corrected chi connectivity index (χ2v) is 6.01. The largest absolute Gasteiger partial charge is 0.494 e. The van der Waals surface area contributed by atoms with Crippen molar-refractivity contribution in [3.63, 3.8) is 0 Å². The lowest BCUT2D eigenvalue weighted by atomic mass is 10.1. The zero-order chi connectivity index (χ0) is 19.2. The average molecular weight is 369 g/mol. The molecule has 0 bridgehead atoms. The Morgan fingerprint density at radius 2 is 1.85 bits per heavy atom. The molecular formula is C19H23N5O3. The Balaban J connectivity index is 1.49. The maximum atomic E-state index is 12.3. The Kier molecular flexibility index (Phi) is 5.85. The zero-order valence-electron chi connectivity index (χ0n) is 15.7. The molecular weight excluding hydrogens is 346 g/mol. The molecule has 0 aliphatic rings. The number of benzene rings is 1. The molecule has 142 valence electrons. The van der Waals surface area contributed by atoms with Gasteiger partial charge in [-0.15, -0.1) is 0 Å². The van der Waals surface area contributed by atoms with E-state index in [-0.39, 0.29) is 12.3 Å². The summed E-state index contributed by atoms with van der Waals surface area (Å²) in [6.07, 6.45) is 1.69. The number of hydrogen-bond donors (Lipinski definition) is 1. The minimum Gasteiger partial charge on any atom is -0.494 e. The lowest BCUT2D eigenvalue weighted by molar-refractivity contribution is -0.120. The topological polar surface area (TPSA) is 90.6 Å².